The van der Waals surface area contributed by atoms with Crippen LogP contribution in [-0.4, -0.2) is 58.9 Å². The predicted octanol–water partition coefficient (Wildman–Crippen LogP) is -0.214. The van der Waals surface area contributed by atoms with E-state index < -0.39 is 12.1 Å². The summed E-state index contributed by atoms with van der Waals surface area (Å²) in [6, 6.07) is -0.650. The highest BCUT2D eigenvalue weighted by atomic mass is 16.4. The van der Waals surface area contributed by atoms with Crippen molar-refractivity contribution < 1.29 is 19.5 Å². The Morgan fingerprint density at radius 1 is 1.60 bits per heavy atom. The Kier molecular flexibility index (Phi) is 3.65. The molecule has 1 N–H and O–H groups in total. The van der Waals surface area contributed by atoms with Gasteiger partial charge in [0.15, 0.2) is 0 Å². The van der Waals surface area contributed by atoms with E-state index in [-0.39, 0.29) is 5.91 Å². The molecule has 1 aliphatic rings. The van der Waals surface area contributed by atoms with Gasteiger partial charge in [-0.25, -0.2) is 4.79 Å². The highest BCUT2D eigenvalue weighted by Crippen LogP contribution is 2.11. The Morgan fingerprint density at radius 2 is 2.27 bits per heavy atom. The van der Waals surface area contributed by atoms with Gasteiger partial charge in [0.1, 0.15) is 12.3 Å². The molecule has 0 aromatic heterocycles. The minimum absolute atomic E-state index is 0.231. The summed E-state index contributed by atoms with van der Waals surface area (Å²) in [4.78, 5) is 35.2. The van der Waals surface area contributed by atoms with E-state index in [4.69, 9.17) is 5.11 Å². The number of amides is 2. The smallest absolute Gasteiger partial charge is 0.408 e. The van der Waals surface area contributed by atoms with Gasteiger partial charge in [-0.05, 0) is 6.92 Å². The normalized spacial score (nSPS) is 21.7. The molecule has 1 saturated heterocycles. The van der Waals surface area contributed by atoms with Crippen LogP contribution in [0.1, 0.15) is 13.3 Å². The fourth-order valence-electron chi connectivity index (χ4n) is 1.62. The quantitative estimate of drug-likeness (QED) is 0.659. The van der Waals surface area contributed by atoms with Gasteiger partial charge in [-0.15, -0.1) is 0 Å². The molecular formula is C9H14N2O4. The minimum Gasteiger partial charge on any atom is -0.465 e. The number of rotatable bonds is 3. The molecule has 2 amide bonds. The lowest BCUT2D eigenvalue weighted by molar-refractivity contribution is -0.139. The molecule has 1 aliphatic heterocycles. The lowest BCUT2D eigenvalue weighted by atomic mass is 10.2. The van der Waals surface area contributed by atoms with Gasteiger partial charge in [0.2, 0.25) is 5.91 Å². The van der Waals surface area contributed by atoms with Crippen molar-refractivity contribution in [1.29, 1.82) is 0 Å². The highest BCUT2D eigenvalue weighted by Gasteiger charge is 2.33. The topological polar surface area (TPSA) is 77.9 Å². The molecule has 0 aromatic carbocycles. The number of carboxylic acid groups (broad SMARTS) is 1. The average Bonchev–Trinajstić information content (AvgIpc) is 2.20. The van der Waals surface area contributed by atoms with Crippen LogP contribution in [0.3, 0.4) is 0 Å². The van der Waals surface area contributed by atoms with Crippen LogP contribution in [0.5, 0.6) is 0 Å². The monoisotopic (exact) mass is 214 g/mol. The van der Waals surface area contributed by atoms with E-state index in [0.29, 0.717) is 26.1 Å². The Morgan fingerprint density at radius 3 is 2.80 bits per heavy atom. The van der Waals surface area contributed by atoms with E-state index in [1.54, 1.807) is 6.92 Å². The first-order valence-electron chi connectivity index (χ1n) is 4.80. The number of carbonyl (C=O) groups excluding carboxylic acids is 2. The van der Waals surface area contributed by atoms with Gasteiger partial charge in [0.25, 0.3) is 0 Å². The Bertz CT molecular complexity index is 279. The van der Waals surface area contributed by atoms with Crippen molar-refractivity contribution in [3.63, 3.8) is 0 Å². The molecule has 6 nitrogen and oxygen atoms in total. The molecule has 15 heavy (non-hydrogen) atoms. The fourth-order valence-corrected chi connectivity index (χ4v) is 1.62. The fraction of sp³-hybridized carbons (Fsp3) is 0.667. The largest absolute Gasteiger partial charge is 0.465 e. The number of piperazine rings is 1. The van der Waals surface area contributed by atoms with E-state index in [1.165, 1.54) is 4.90 Å². The van der Waals surface area contributed by atoms with Gasteiger partial charge < -0.3 is 14.8 Å². The van der Waals surface area contributed by atoms with Gasteiger partial charge in [0.05, 0.1) is 0 Å². The van der Waals surface area contributed by atoms with E-state index in [1.807, 2.05) is 0 Å². The second-order valence-electron chi connectivity index (χ2n) is 3.43. The Hall–Kier alpha value is -1.59. The Labute approximate surface area is 87.5 Å². The van der Waals surface area contributed by atoms with Crippen LogP contribution in [0.15, 0.2) is 0 Å². The van der Waals surface area contributed by atoms with E-state index >= 15 is 0 Å². The summed E-state index contributed by atoms with van der Waals surface area (Å²) in [7, 11) is 0. The molecule has 0 aromatic rings. The molecule has 0 bridgehead atoms. The molecule has 0 unspecified atom stereocenters. The number of nitrogens with zero attached hydrogens (tertiary/aromatic N) is 2. The Balaban J connectivity index is 2.60. The van der Waals surface area contributed by atoms with Crippen molar-refractivity contribution in [3.05, 3.63) is 0 Å². The average molecular weight is 214 g/mol. The van der Waals surface area contributed by atoms with Crippen LogP contribution in [-0.2, 0) is 9.59 Å². The highest BCUT2D eigenvalue weighted by molar-refractivity contribution is 5.86. The summed E-state index contributed by atoms with van der Waals surface area (Å²) in [5, 5.41) is 8.79. The standard InChI is InChI=1S/C9H14N2O4/c1-7-8(13)10(3-2-6-12)4-5-11(7)9(14)15/h6-7H,2-5H2,1H3,(H,14,15)/t7-/m0/s1. The number of hydrogen-bond acceptors (Lipinski definition) is 3. The molecule has 1 atom stereocenters. The third-order valence-electron chi connectivity index (χ3n) is 2.51. The summed E-state index contributed by atoms with van der Waals surface area (Å²) < 4.78 is 0. The SMILES string of the molecule is C[C@H]1C(=O)N(CCC=O)CCN1C(=O)O. The first-order valence-corrected chi connectivity index (χ1v) is 4.80. The molecule has 0 spiro atoms. The number of hydrogen-bond donors (Lipinski definition) is 1. The molecular weight excluding hydrogens is 200 g/mol. The molecule has 0 aliphatic carbocycles. The number of aldehydes is 1. The van der Waals surface area contributed by atoms with Crippen LogP contribution in [0, 0.1) is 0 Å². The molecule has 1 fully saturated rings. The zero-order valence-electron chi connectivity index (χ0n) is 8.55. The van der Waals surface area contributed by atoms with Gasteiger partial charge in [0, 0.05) is 26.1 Å². The van der Waals surface area contributed by atoms with Crippen LogP contribution in [0.2, 0.25) is 0 Å². The van der Waals surface area contributed by atoms with E-state index in [0.717, 1.165) is 11.2 Å². The first-order chi connectivity index (χ1) is 7.07. The van der Waals surface area contributed by atoms with Gasteiger partial charge in [-0.1, -0.05) is 0 Å². The molecule has 1 rings (SSSR count). The maximum Gasteiger partial charge on any atom is 0.408 e. The molecule has 84 valence electrons. The van der Waals surface area contributed by atoms with Crippen LogP contribution in [0.4, 0.5) is 4.79 Å². The predicted molar refractivity (Wildman–Crippen MR) is 51.5 cm³/mol. The number of carbonyl (C=O) groups is 3. The third-order valence-corrected chi connectivity index (χ3v) is 2.51. The zero-order valence-corrected chi connectivity index (χ0v) is 8.55. The second kappa shape index (κ2) is 4.77. The maximum absolute atomic E-state index is 11.7. The van der Waals surface area contributed by atoms with E-state index in [9.17, 15) is 14.4 Å². The van der Waals surface area contributed by atoms with Gasteiger partial charge >= 0.3 is 6.09 Å². The molecule has 0 radical (unpaired) electrons. The second-order valence-corrected chi connectivity index (χ2v) is 3.43. The van der Waals surface area contributed by atoms with Gasteiger partial charge in [-0.2, -0.15) is 0 Å². The van der Waals surface area contributed by atoms with Crippen molar-refractivity contribution in [1.82, 2.24) is 9.80 Å². The van der Waals surface area contributed by atoms with Crippen molar-refractivity contribution in [3.8, 4) is 0 Å². The molecule has 1 heterocycles. The summed E-state index contributed by atoms with van der Waals surface area (Å²) >= 11 is 0. The summed E-state index contributed by atoms with van der Waals surface area (Å²) in [5.74, 6) is -0.231. The van der Waals surface area contributed by atoms with Crippen LogP contribution in [0.25, 0.3) is 0 Å². The third kappa shape index (κ3) is 2.45. The summed E-state index contributed by atoms with van der Waals surface area (Å²) in [5.41, 5.74) is 0. The van der Waals surface area contributed by atoms with Crippen molar-refractivity contribution in [2.75, 3.05) is 19.6 Å². The minimum atomic E-state index is -1.08. The maximum atomic E-state index is 11.7. The van der Waals surface area contributed by atoms with Crippen LogP contribution < -0.4 is 0 Å². The summed E-state index contributed by atoms with van der Waals surface area (Å²) in [6.45, 7) is 2.61. The van der Waals surface area contributed by atoms with Crippen LogP contribution >= 0.6 is 0 Å². The lowest BCUT2D eigenvalue weighted by Crippen LogP contribution is -2.57. The first kappa shape index (κ1) is 11.5. The van der Waals surface area contributed by atoms with Crippen molar-refractivity contribution in [2.45, 2.75) is 19.4 Å². The van der Waals surface area contributed by atoms with E-state index in [2.05, 4.69) is 0 Å². The van der Waals surface area contributed by atoms with Crippen molar-refractivity contribution in [2.24, 2.45) is 0 Å². The molecule has 6 heteroatoms. The molecule has 0 saturated carbocycles. The zero-order chi connectivity index (χ0) is 11.4. The van der Waals surface area contributed by atoms with Gasteiger partial charge in [-0.3, -0.25) is 9.69 Å². The van der Waals surface area contributed by atoms with Crippen molar-refractivity contribution >= 4 is 18.3 Å². The lowest BCUT2D eigenvalue weighted by Gasteiger charge is -2.37. The summed E-state index contributed by atoms with van der Waals surface area (Å²) in [6.07, 6.45) is -0.0292.